The van der Waals surface area contributed by atoms with E-state index in [1.807, 2.05) is 24.3 Å². The summed E-state index contributed by atoms with van der Waals surface area (Å²) in [6.45, 7) is 0. The molecule has 2 aromatic carbocycles. The van der Waals surface area contributed by atoms with Crippen molar-refractivity contribution >= 4 is 56.4 Å². The zero-order valence-electron chi connectivity index (χ0n) is 14.2. The van der Waals surface area contributed by atoms with Crippen LogP contribution in [0.4, 0.5) is 11.4 Å². The Morgan fingerprint density at radius 3 is 2.74 bits per heavy atom. The minimum absolute atomic E-state index is 0.0569. The average Bonchev–Trinajstić information content (AvgIpc) is 3.12. The van der Waals surface area contributed by atoms with Crippen molar-refractivity contribution in [2.45, 2.75) is 27.5 Å². The highest BCUT2D eigenvalue weighted by Crippen LogP contribution is 2.56. The molecule has 0 saturated carbocycles. The molecular formula is C18H15ClN2O4S2. The van der Waals surface area contributed by atoms with Gasteiger partial charge < -0.3 is 5.32 Å². The van der Waals surface area contributed by atoms with Gasteiger partial charge in [0.2, 0.25) is 5.91 Å². The lowest BCUT2D eigenvalue weighted by Crippen LogP contribution is -2.49. The monoisotopic (exact) mass is 422 g/mol. The molecule has 0 radical (unpaired) electrons. The molecule has 6 nitrogen and oxygen atoms in total. The number of hydrogen-bond donors (Lipinski definition) is 1. The van der Waals surface area contributed by atoms with Gasteiger partial charge in [-0.2, -0.15) is 0 Å². The number of hydrogen-bond acceptors (Lipinski definition) is 5. The summed E-state index contributed by atoms with van der Waals surface area (Å²) in [5, 5.41) is 2.96. The van der Waals surface area contributed by atoms with Crippen LogP contribution in [0.1, 0.15) is 12.8 Å². The SMILES string of the molecule is CS(=O)(=O)c1ccc(Cl)c(NC(=O)C23CCC(=O)N2c2ccccc2S3)c1. The summed E-state index contributed by atoms with van der Waals surface area (Å²) in [4.78, 5) is 27.0. The van der Waals surface area contributed by atoms with Gasteiger partial charge in [-0.05, 0) is 36.8 Å². The molecular weight excluding hydrogens is 408 g/mol. The minimum atomic E-state index is -3.45. The van der Waals surface area contributed by atoms with E-state index >= 15 is 0 Å². The van der Waals surface area contributed by atoms with Crippen LogP contribution >= 0.6 is 23.4 Å². The summed E-state index contributed by atoms with van der Waals surface area (Å²) in [6, 6.07) is 11.5. The van der Waals surface area contributed by atoms with Crippen molar-refractivity contribution in [3.63, 3.8) is 0 Å². The van der Waals surface area contributed by atoms with Crippen LogP contribution in [-0.4, -0.2) is 31.4 Å². The number of carbonyl (C=O) groups is 2. The van der Waals surface area contributed by atoms with Crippen LogP contribution in [0.3, 0.4) is 0 Å². The Morgan fingerprint density at radius 2 is 2.00 bits per heavy atom. The molecule has 2 aliphatic heterocycles. The van der Waals surface area contributed by atoms with Gasteiger partial charge in [-0.25, -0.2) is 8.42 Å². The van der Waals surface area contributed by atoms with Gasteiger partial charge in [0.25, 0.3) is 5.91 Å². The maximum Gasteiger partial charge on any atom is 0.261 e. The van der Waals surface area contributed by atoms with Crippen LogP contribution in [-0.2, 0) is 19.4 Å². The number of fused-ring (bicyclic) bond motifs is 3. The zero-order chi connectivity index (χ0) is 19.4. The number of thioether (sulfide) groups is 1. The highest BCUT2D eigenvalue weighted by atomic mass is 35.5. The van der Waals surface area contributed by atoms with E-state index in [2.05, 4.69) is 5.32 Å². The summed E-state index contributed by atoms with van der Waals surface area (Å²) in [6.07, 6.45) is 1.72. The molecule has 2 amide bonds. The molecule has 1 N–H and O–H groups in total. The number of nitrogens with one attached hydrogen (secondary N) is 1. The topological polar surface area (TPSA) is 83.5 Å². The van der Waals surface area contributed by atoms with E-state index in [0.717, 1.165) is 16.8 Å². The first-order valence-corrected chi connectivity index (χ1v) is 11.2. The molecule has 0 bridgehead atoms. The van der Waals surface area contributed by atoms with Gasteiger partial charge in [0.1, 0.15) is 0 Å². The number of benzene rings is 2. The lowest BCUT2D eigenvalue weighted by Gasteiger charge is -2.29. The van der Waals surface area contributed by atoms with Crippen molar-refractivity contribution in [3.05, 3.63) is 47.5 Å². The minimum Gasteiger partial charge on any atom is -0.322 e. The van der Waals surface area contributed by atoms with Crippen molar-refractivity contribution in [2.75, 3.05) is 16.5 Å². The van der Waals surface area contributed by atoms with E-state index in [9.17, 15) is 18.0 Å². The Labute approximate surface area is 165 Å². The summed E-state index contributed by atoms with van der Waals surface area (Å²) >= 11 is 7.49. The molecule has 2 aromatic rings. The van der Waals surface area contributed by atoms with Crippen molar-refractivity contribution in [1.82, 2.24) is 0 Å². The van der Waals surface area contributed by atoms with E-state index in [0.29, 0.717) is 6.42 Å². The predicted molar refractivity (Wildman–Crippen MR) is 105 cm³/mol. The highest BCUT2D eigenvalue weighted by molar-refractivity contribution is 8.02. The number of para-hydroxylation sites is 1. The van der Waals surface area contributed by atoms with Gasteiger partial charge in [0, 0.05) is 17.6 Å². The van der Waals surface area contributed by atoms with Crippen LogP contribution in [0, 0.1) is 0 Å². The third-order valence-corrected chi connectivity index (χ3v) is 7.56. The van der Waals surface area contributed by atoms with Crippen LogP contribution in [0.15, 0.2) is 52.3 Å². The highest BCUT2D eigenvalue weighted by Gasteiger charge is 2.57. The van der Waals surface area contributed by atoms with Gasteiger partial charge in [-0.1, -0.05) is 35.5 Å². The van der Waals surface area contributed by atoms with Crippen LogP contribution < -0.4 is 10.2 Å². The first-order chi connectivity index (χ1) is 12.7. The number of sulfone groups is 1. The van der Waals surface area contributed by atoms with Crippen molar-refractivity contribution in [1.29, 1.82) is 0 Å². The average molecular weight is 423 g/mol. The molecule has 1 saturated heterocycles. The fourth-order valence-corrected chi connectivity index (χ4v) is 5.57. The van der Waals surface area contributed by atoms with E-state index in [1.54, 1.807) is 0 Å². The number of carbonyl (C=O) groups excluding carboxylic acids is 2. The maximum absolute atomic E-state index is 13.2. The van der Waals surface area contributed by atoms with E-state index in [1.165, 1.54) is 34.9 Å². The molecule has 2 aliphatic rings. The number of rotatable bonds is 3. The standard InChI is InChI=1S/C18H15ClN2O4S2/c1-27(24,25)11-6-7-12(19)13(10-11)20-17(23)18-9-8-16(22)21(18)14-4-2-3-5-15(14)26-18/h2-7,10H,8-9H2,1H3,(H,20,23). The lowest BCUT2D eigenvalue weighted by atomic mass is 10.1. The van der Waals surface area contributed by atoms with Gasteiger partial charge in [-0.3, -0.25) is 14.5 Å². The van der Waals surface area contributed by atoms with E-state index < -0.39 is 20.6 Å². The van der Waals surface area contributed by atoms with E-state index in [4.69, 9.17) is 11.6 Å². The molecule has 4 rings (SSSR count). The Balaban J connectivity index is 1.71. The van der Waals surface area contributed by atoms with Gasteiger partial charge >= 0.3 is 0 Å². The zero-order valence-corrected chi connectivity index (χ0v) is 16.6. The fourth-order valence-electron chi connectivity index (χ4n) is 3.35. The van der Waals surface area contributed by atoms with Gasteiger partial charge in [-0.15, -0.1) is 0 Å². The first-order valence-electron chi connectivity index (χ1n) is 8.14. The second kappa shape index (κ2) is 6.25. The molecule has 2 heterocycles. The largest absolute Gasteiger partial charge is 0.322 e. The normalized spacial score (nSPS) is 21.1. The number of nitrogens with zero attached hydrogens (tertiary/aromatic N) is 1. The van der Waals surface area contributed by atoms with Gasteiger partial charge in [0.05, 0.1) is 21.3 Å². The van der Waals surface area contributed by atoms with Crippen molar-refractivity contribution < 1.29 is 18.0 Å². The van der Waals surface area contributed by atoms with Crippen molar-refractivity contribution in [3.8, 4) is 0 Å². The van der Waals surface area contributed by atoms with E-state index in [-0.39, 0.29) is 27.9 Å². The molecule has 9 heteroatoms. The molecule has 0 aliphatic carbocycles. The third kappa shape index (κ3) is 2.92. The molecule has 0 aromatic heterocycles. The molecule has 1 fully saturated rings. The Kier molecular flexibility index (Phi) is 4.25. The second-order valence-corrected chi connectivity index (χ2v) is 10.2. The Hall–Kier alpha value is -2.03. The summed E-state index contributed by atoms with van der Waals surface area (Å²) in [5.74, 6) is -0.513. The summed E-state index contributed by atoms with van der Waals surface area (Å²) < 4.78 is 23.6. The van der Waals surface area contributed by atoms with Gasteiger partial charge in [0.15, 0.2) is 14.7 Å². The molecule has 140 valence electrons. The molecule has 1 unspecified atom stereocenters. The first kappa shape index (κ1) is 18.3. The summed E-state index contributed by atoms with van der Waals surface area (Å²) in [7, 11) is -3.45. The third-order valence-electron chi connectivity index (χ3n) is 4.64. The summed E-state index contributed by atoms with van der Waals surface area (Å²) in [5.41, 5.74) is 0.922. The molecule has 1 atom stereocenters. The number of anilines is 2. The number of amides is 2. The number of halogens is 1. The molecule has 27 heavy (non-hydrogen) atoms. The quantitative estimate of drug-likeness (QED) is 0.820. The maximum atomic E-state index is 13.2. The van der Waals surface area contributed by atoms with Crippen LogP contribution in [0.5, 0.6) is 0 Å². The van der Waals surface area contributed by atoms with Crippen molar-refractivity contribution in [2.24, 2.45) is 0 Å². The van der Waals surface area contributed by atoms with Crippen LogP contribution in [0.25, 0.3) is 0 Å². The molecule has 0 spiro atoms. The smallest absolute Gasteiger partial charge is 0.261 e. The predicted octanol–water partition coefficient (Wildman–Crippen LogP) is 3.31. The Morgan fingerprint density at radius 1 is 1.26 bits per heavy atom. The second-order valence-electron chi connectivity index (χ2n) is 6.45. The lowest BCUT2D eigenvalue weighted by molar-refractivity contribution is -0.121. The Bertz CT molecular complexity index is 1090. The fraction of sp³-hybridized carbons (Fsp3) is 0.222. The van der Waals surface area contributed by atoms with Crippen LogP contribution in [0.2, 0.25) is 5.02 Å².